The molecule has 2 rings (SSSR count). The van der Waals surface area contributed by atoms with Crippen molar-refractivity contribution in [3.8, 4) is 0 Å². The summed E-state index contributed by atoms with van der Waals surface area (Å²) in [6.07, 6.45) is 0. The number of rotatable bonds is 4. The van der Waals surface area contributed by atoms with E-state index in [-0.39, 0.29) is 0 Å². The first-order valence-electron chi connectivity index (χ1n) is 7.32. The Morgan fingerprint density at radius 1 is 0.950 bits per heavy atom. The standard InChI is InChI=1S/C18H25NS/c1-7-19-18(16-9-8-10-20-16)17-14(5)12(3)11(2)13(4)15(17)6/h8-10,18-19H,7H2,1-6H3. The van der Waals surface area contributed by atoms with E-state index in [4.69, 9.17) is 0 Å². The first-order chi connectivity index (χ1) is 9.49. The maximum Gasteiger partial charge on any atom is 0.0676 e. The van der Waals surface area contributed by atoms with E-state index >= 15 is 0 Å². The average Bonchev–Trinajstić information content (AvgIpc) is 2.96. The molecule has 20 heavy (non-hydrogen) atoms. The normalized spacial score (nSPS) is 12.7. The van der Waals surface area contributed by atoms with Gasteiger partial charge in [0.05, 0.1) is 6.04 Å². The molecule has 0 saturated heterocycles. The predicted molar refractivity (Wildman–Crippen MR) is 90.0 cm³/mol. The summed E-state index contributed by atoms with van der Waals surface area (Å²) in [6, 6.07) is 4.70. The molecule has 108 valence electrons. The Morgan fingerprint density at radius 2 is 1.50 bits per heavy atom. The molecule has 2 aromatic rings. The number of hydrogen-bond donors (Lipinski definition) is 1. The van der Waals surface area contributed by atoms with E-state index in [0.29, 0.717) is 6.04 Å². The molecule has 1 aromatic carbocycles. The molecule has 1 aromatic heterocycles. The third-order valence-electron chi connectivity index (χ3n) is 4.58. The Kier molecular flexibility index (Phi) is 4.66. The molecule has 1 nitrogen and oxygen atoms in total. The van der Waals surface area contributed by atoms with Gasteiger partial charge in [-0.1, -0.05) is 13.0 Å². The zero-order valence-electron chi connectivity index (χ0n) is 13.4. The molecular weight excluding hydrogens is 262 g/mol. The smallest absolute Gasteiger partial charge is 0.0676 e. The topological polar surface area (TPSA) is 12.0 Å². The summed E-state index contributed by atoms with van der Waals surface area (Å²) in [4.78, 5) is 1.40. The summed E-state index contributed by atoms with van der Waals surface area (Å²) in [6.45, 7) is 14.4. The van der Waals surface area contributed by atoms with Gasteiger partial charge in [0.2, 0.25) is 0 Å². The fourth-order valence-corrected chi connectivity index (χ4v) is 3.78. The second-order valence-corrected chi connectivity index (χ2v) is 6.52. The molecule has 0 saturated carbocycles. The van der Waals surface area contributed by atoms with Crippen LogP contribution < -0.4 is 5.32 Å². The maximum absolute atomic E-state index is 3.67. The first-order valence-corrected chi connectivity index (χ1v) is 8.20. The minimum atomic E-state index is 0.318. The fourth-order valence-electron chi connectivity index (χ4n) is 2.97. The van der Waals surface area contributed by atoms with Crippen LogP contribution in [0.15, 0.2) is 17.5 Å². The lowest BCUT2D eigenvalue weighted by Gasteiger charge is -2.25. The van der Waals surface area contributed by atoms with Gasteiger partial charge in [0.25, 0.3) is 0 Å². The van der Waals surface area contributed by atoms with Crippen LogP contribution in [0.5, 0.6) is 0 Å². The van der Waals surface area contributed by atoms with Crippen LogP contribution in [0.3, 0.4) is 0 Å². The quantitative estimate of drug-likeness (QED) is 0.835. The molecule has 0 bridgehead atoms. The highest BCUT2D eigenvalue weighted by atomic mass is 32.1. The van der Waals surface area contributed by atoms with Crippen LogP contribution in [0.4, 0.5) is 0 Å². The van der Waals surface area contributed by atoms with Gasteiger partial charge in [-0.2, -0.15) is 0 Å². The zero-order chi connectivity index (χ0) is 14.9. The summed E-state index contributed by atoms with van der Waals surface area (Å²) in [5.41, 5.74) is 8.64. The molecule has 1 unspecified atom stereocenters. The van der Waals surface area contributed by atoms with Gasteiger partial charge in [-0.3, -0.25) is 0 Å². The largest absolute Gasteiger partial charge is 0.306 e. The van der Waals surface area contributed by atoms with E-state index < -0.39 is 0 Å². The molecule has 2 heteroatoms. The van der Waals surface area contributed by atoms with Crippen LogP contribution in [-0.4, -0.2) is 6.54 Å². The maximum atomic E-state index is 3.67. The number of benzene rings is 1. The number of nitrogens with one attached hydrogen (secondary N) is 1. The van der Waals surface area contributed by atoms with Crippen molar-refractivity contribution in [2.24, 2.45) is 0 Å². The van der Waals surface area contributed by atoms with Crippen LogP contribution in [0.1, 0.15) is 51.2 Å². The second kappa shape index (κ2) is 6.11. The Labute approximate surface area is 127 Å². The van der Waals surface area contributed by atoms with E-state index in [1.807, 2.05) is 11.3 Å². The molecular formula is C18H25NS. The summed E-state index contributed by atoms with van der Waals surface area (Å²) in [5, 5.41) is 5.83. The second-order valence-electron chi connectivity index (χ2n) is 5.54. The predicted octanol–water partition coefficient (Wildman–Crippen LogP) is 4.99. The highest BCUT2D eigenvalue weighted by Gasteiger charge is 2.21. The molecule has 0 fully saturated rings. The minimum absolute atomic E-state index is 0.318. The van der Waals surface area contributed by atoms with E-state index in [1.165, 1.54) is 38.3 Å². The Hall–Kier alpha value is -1.12. The van der Waals surface area contributed by atoms with Crippen molar-refractivity contribution < 1.29 is 0 Å². The van der Waals surface area contributed by atoms with Crippen LogP contribution in [0.25, 0.3) is 0 Å². The van der Waals surface area contributed by atoms with E-state index in [1.54, 1.807) is 0 Å². The van der Waals surface area contributed by atoms with Gasteiger partial charge in [-0.05, 0) is 86.0 Å². The molecule has 0 radical (unpaired) electrons. The van der Waals surface area contributed by atoms with E-state index in [2.05, 4.69) is 64.4 Å². The highest BCUT2D eigenvalue weighted by molar-refractivity contribution is 7.10. The van der Waals surface area contributed by atoms with Crippen LogP contribution in [-0.2, 0) is 0 Å². The summed E-state index contributed by atoms with van der Waals surface area (Å²) >= 11 is 1.84. The minimum Gasteiger partial charge on any atom is -0.306 e. The van der Waals surface area contributed by atoms with Crippen molar-refractivity contribution in [3.63, 3.8) is 0 Å². The van der Waals surface area contributed by atoms with Gasteiger partial charge >= 0.3 is 0 Å². The zero-order valence-corrected chi connectivity index (χ0v) is 14.2. The SMILES string of the molecule is CCNC(c1cccs1)c1c(C)c(C)c(C)c(C)c1C. The van der Waals surface area contributed by atoms with Crippen molar-refractivity contribution in [3.05, 3.63) is 55.8 Å². The first kappa shape index (κ1) is 15.3. The molecule has 0 amide bonds. The van der Waals surface area contributed by atoms with Gasteiger partial charge < -0.3 is 5.32 Å². The van der Waals surface area contributed by atoms with Crippen molar-refractivity contribution in [2.45, 2.75) is 47.6 Å². The summed E-state index contributed by atoms with van der Waals surface area (Å²) in [7, 11) is 0. The third-order valence-corrected chi connectivity index (χ3v) is 5.52. The molecule has 0 spiro atoms. The molecule has 0 aliphatic carbocycles. The summed E-state index contributed by atoms with van der Waals surface area (Å²) in [5.74, 6) is 0. The van der Waals surface area contributed by atoms with Crippen molar-refractivity contribution in [1.82, 2.24) is 5.32 Å². The van der Waals surface area contributed by atoms with E-state index in [0.717, 1.165) is 6.54 Å². The lowest BCUT2D eigenvalue weighted by atomic mass is 9.86. The average molecular weight is 287 g/mol. The molecule has 0 aliphatic heterocycles. The van der Waals surface area contributed by atoms with Crippen molar-refractivity contribution in [1.29, 1.82) is 0 Å². The monoisotopic (exact) mass is 287 g/mol. The number of thiophene rings is 1. The summed E-state index contributed by atoms with van der Waals surface area (Å²) < 4.78 is 0. The van der Waals surface area contributed by atoms with Crippen LogP contribution >= 0.6 is 11.3 Å². The number of hydrogen-bond acceptors (Lipinski definition) is 2. The van der Waals surface area contributed by atoms with Crippen LogP contribution in [0.2, 0.25) is 0 Å². The molecule has 1 N–H and O–H groups in total. The molecule has 1 heterocycles. The van der Waals surface area contributed by atoms with E-state index in [9.17, 15) is 0 Å². The van der Waals surface area contributed by atoms with Gasteiger partial charge in [0.15, 0.2) is 0 Å². The highest BCUT2D eigenvalue weighted by Crippen LogP contribution is 2.35. The lowest BCUT2D eigenvalue weighted by molar-refractivity contribution is 0.632. The lowest BCUT2D eigenvalue weighted by Crippen LogP contribution is -2.23. The van der Waals surface area contributed by atoms with Gasteiger partial charge in [-0.25, -0.2) is 0 Å². The Bertz CT molecular complexity index is 567. The van der Waals surface area contributed by atoms with Crippen molar-refractivity contribution in [2.75, 3.05) is 6.54 Å². The molecule has 1 atom stereocenters. The Balaban J connectivity index is 2.66. The molecule has 0 aliphatic rings. The van der Waals surface area contributed by atoms with Crippen molar-refractivity contribution >= 4 is 11.3 Å². The fraction of sp³-hybridized carbons (Fsp3) is 0.444. The van der Waals surface area contributed by atoms with Crippen LogP contribution in [0, 0.1) is 34.6 Å². The third kappa shape index (κ3) is 2.55. The van der Waals surface area contributed by atoms with Gasteiger partial charge in [0.1, 0.15) is 0 Å². The van der Waals surface area contributed by atoms with Gasteiger partial charge in [-0.15, -0.1) is 11.3 Å². The van der Waals surface area contributed by atoms with Gasteiger partial charge in [0, 0.05) is 4.88 Å². The Morgan fingerprint density at radius 3 is 1.95 bits per heavy atom.